The van der Waals surface area contributed by atoms with Crippen molar-refractivity contribution < 1.29 is 4.79 Å². The van der Waals surface area contributed by atoms with E-state index in [-0.39, 0.29) is 5.91 Å². The first-order valence-electron chi connectivity index (χ1n) is 11.8. The van der Waals surface area contributed by atoms with Gasteiger partial charge in [-0.25, -0.2) is 4.98 Å². The van der Waals surface area contributed by atoms with E-state index in [0.717, 1.165) is 68.1 Å². The summed E-state index contributed by atoms with van der Waals surface area (Å²) in [6.07, 6.45) is 9.27. The first-order valence-corrected chi connectivity index (χ1v) is 11.8. The number of hydrogen-bond acceptors (Lipinski definition) is 6. The average molecular weight is 443 g/mol. The van der Waals surface area contributed by atoms with Crippen LogP contribution in [-0.2, 0) is 11.2 Å². The Kier molecular flexibility index (Phi) is 6.30. The second-order valence-corrected chi connectivity index (χ2v) is 8.99. The summed E-state index contributed by atoms with van der Waals surface area (Å²) in [6.45, 7) is 5.09. The number of anilines is 3. The number of nitrogens with one attached hydrogen (secondary N) is 1. The normalized spacial score (nSPS) is 18.6. The topological polar surface area (TPSA) is 74.2 Å². The molecule has 1 saturated heterocycles. The molecule has 1 N–H and O–H groups in total. The lowest BCUT2D eigenvalue weighted by molar-refractivity contribution is -0.120. The summed E-state index contributed by atoms with van der Waals surface area (Å²) >= 11 is 0. The van der Waals surface area contributed by atoms with Gasteiger partial charge in [0, 0.05) is 54.2 Å². The van der Waals surface area contributed by atoms with Gasteiger partial charge >= 0.3 is 0 Å². The third-order valence-corrected chi connectivity index (χ3v) is 6.50. The van der Waals surface area contributed by atoms with Crippen LogP contribution in [0, 0.1) is 6.92 Å². The molecule has 2 aromatic heterocycles. The quantitative estimate of drug-likeness (QED) is 0.642. The fraction of sp³-hybridized carbons (Fsp3) is 0.385. The first kappa shape index (κ1) is 21.5. The number of carbonyl (C=O) groups excluding carboxylic acids is 1. The predicted molar refractivity (Wildman–Crippen MR) is 130 cm³/mol. The van der Waals surface area contributed by atoms with E-state index in [0.29, 0.717) is 18.3 Å². The van der Waals surface area contributed by atoms with Crippen molar-refractivity contribution in [3.05, 3.63) is 71.9 Å². The van der Waals surface area contributed by atoms with E-state index >= 15 is 0 Å². The van der Waals surface area contributed by atoms with Gasteiger partial charge in [0.15, 0.2) is 0 Å². The van der Waals surface area contributed by atoms with Crippen molar-refractivity contribution in [2.75, 3.05) is 36.4 Å². The monoisotopic (exact) mass is 442 g/mol. The molecule has 0 aliphatic carbocycles. The van der Waals surface area contributed by atoms with Crippen molar-refractivity contribution in [2.45, 2.75) is 38.5 Å². The summed E-state index contributed by atoms with van der Waals surface area (Å²) in [5.74, 6) is 1.22. The minimum Gasteiger partial charge on any atom is -0.339 e. The van der Waals surface area contributed by atoms with Gasteiger partial charge in [-0.05, 0) is 62.9 Å². The number of aryl methyl sites for hydroxylation is 2. The number of pyridine rings is 1. The number of aromatic nitrogens is 3. The second-order valence-electron chi connectivity index (χ2n) is 8.99. The standard InChI is InChI=1S/C26H30N6O/c1-19-14-22(30-25-16-27-10-11-28-25)15-23(29-19)21-8-4-12-31(17-21)18-26(33)32-13-5-7-20-6-2-3-9-24(20)32/h2-3,6,9-11,14-16,21H,4-5,7-8,12-13,17-18H2,1H3,(H,28,29,30). The molecule has 1 fully saturated rings. The molecule has 0 bridgehead atoms. The van der Waals surface area contributed by atoms with Crippen molar-refractivity contribution in [2.24, 2.45) is 0 Å². The van der Waals surface area contributed by atoms with E-state index in [4.69, 9.17) is 4.98 Å². The molecule has 3 aromatic rings. The van der Waals surface area contributed by atoms with Crippen molar-refractivity contribution in [1.82, 2.24) is 19.9 Å². The maximum atomic E-state index is 13.2. The van der Waals surface area contributed by atoms with Gasteiger partial charge in [0.1, 0.15) is 5.82 Å². The maximum absolute atomic E-state index is 13.2. The number of rotatable bonds is 5. The van der Waals surface area contributed by atoms with E-state index in [1.165, 1.54) is 5.56 Å². The van der Waals surface area contributed by atoms with Crippen molar-refractivity contribution in [3.8, 4) is 0 Å². The van der Waals surface area contributed by atoms with E-state index < -0.39 is 0 Å². The van der Waals surface area contributed by atoms with Crippen LogP contribution in [0.4, 0.5) is 17.2 Å². The Bertz CT molecular complexity index is 1120. The lowest BCUT2D eigenvalue weighted by Gasteiger charge is -2.35. The molecule has 4 heterocycles. The zero-order valence-electron chi connectivity index (χ0n) is 19.1. The smallest absolute Gasteiger partial charge is 0.241 e. The zero-order chi connectivity index (χ0) is 22.6. The lowest BCUT2D eigenvalue weighted by atomic mass is 9.93. The number of hydrogen-bond donors (Lipinski definition) is 1. The molecule has 33 heavy (non-hydrogen) atoms. The number of nitrogens with zero attached hydrogens (tertiary/aromatic N) is 5. The molecular weight excluding hydrogens is 412 g/mol. The van der Waals surface area contributed by atoms with Crippen LogP contribution in [0.3, 0.4) is 0 Å². The Hall–Kier alpha value is -3.32. The molecule has 0 saturated carbocycles. The Morgan fingerprint density at radius 2 is 2.06 bits per heavy atom. The van der Waals surface area contributed by atoms with Gasteiger partial charge in [-0.15, -0.1) is 0 Å². The highest BCUT2D eigenvalue weighted by atomic mass is 16.2. The number of amides is 1. The van der Waals surface area contributed by atoms with Crippen LogP contribution < -0.4 is 10.2 Å². The van der Waals surface area contributed by atoms with Gasteiger partial charge in [0.05, 0.1) is 12.7 Å². The highest BCUT2D eigenvalue weighted by molar-refractivity contribution is 5.96. The summed E-state index contributed by atoms with van der Waals surface area (Å²) in [5, 5.41) is 3.33. The second kappa shape index (κ2) is 9.67. The molecule has 170 valence electrons. The predicted octanol–water partition coefficient (Wildman–Crippen LogP) is 4.08. The summed E-state index contributed by atoms with van der Waals surface area (Å²) < 4.78 is 0. The fourth-order valence-electron chi connectivity index (χ4n) is 5.00. The maximum Gasteiger partial charge on any atom is 0.241 e. The van der Waals surface area contributed by atoms with Crippen LogP contribution in [0.15, 0.2) is 55.0 Å². The number of para-hydroxylation sites is 1. The van der Waals surface area contributed by atoms with E-state index in [1.807, 2.05) is 24.0 Å². The third-order valence-electron chi connectivity index (χ3n) is 6.50. The number of piperidine rings is 1. The van der Waals surface area contributed by atoms with Crippen molar-refractivity contribution >= 4 is 23.1 Å². The van der Waals surface area contributed by atoms with Gasteiger partial charge in [0.25, 0.3) is 0 Å². The molecule has 1 atom stereocenters. The molecule has 1 unspecified atom stereocenters. The highest BCUT2D eigenvalue weighted by Crippen LogP contribution is 2.30. The van der Waals surface area contributed by atoms with Crippen LogP contribution in [0.5, 0.6) is 0 Å². The summed E-state index contributed by atoms with van der Waals surface area (Å²) in [7, 11) is 0. The van der Waals surface area contributed by atoms with Crippen LogP contribution in [0.1, 0.15) is 42.1 Å². The van der Waals surface area contributed by atoms with Gasteiger partial charge in [-0.3, -0.25) is 19.7 Å². The van der Waals surface area contributed by atoms with Crippen LogP contribution in [-0.4, -0.2) is 51.9 Å². The Morgan fingerprint density at radius 3 is 2.94 bits per heavy atom. The number of fused-ring (bicyclic) bond motifs is 1. The molecule has 0 radical (unpaired) electrons. The molecule has 0 spiro atoms. The first-order chi connectivity index (χ1) is 16.2. The number of benzene rings is 1. The summed E-state index contributed by atoms with van der Waals surface area (Å²) in [4.78, 5) is 30.8. The summed E-state index contributed by atoms with van der Waals surface area (Å²) in [5.41, 5.74) is 5.37. The summed E-state index contributed by atoms with van der Waals surface area (Å²) in [6, 6.07) is 12.4. The van der Waals surface area contributed by atoms with Gasteiger partial charge in [0.2, 0.25) is 5.91 Å². The van der Waals surface area contributed by atoms with Gasteiger partial charge in [-0.1, -0.05) is 18.2 Å². The van der Waals surface area contributed by atoms with Crippen molar-refractivity contribution in [3.63, 3.8) is 0 Å². The molecule has 7 nitrogen and oxygen atoms in total. The van der Waals surface area contributed by atoms with E-state index in [2.05, 4.69) is 44.5 Å². The molecule has 1 aromatic carbocycles. The molecule has 7 heteroatoms. The number of likely N-dealkylation sites (tertiary alicyclic amines) is 1. The molecule has 2 aliphatic rings. The SMILES string of the molecule is Cc1cc(Nc2cnccn2)cc(C2CCCN(CC(=O)N3CCCc4ccccc43)C2)n1. The molecule has 1 amide bonds. The fourth-order valence-corrected chi connectivity index (χ4v) is 5.00. The molecule has 2 aliphatic heterocycles. The van der Waals surface area contributed by atoms with E-state index in [1.54, 1.807) is 18.6 Å². The van der Waals surface area contributed by atoms with Crippen molar-refractivity contribution in [1.29, 1.82) is 0 Å². The third kappa shape index (κ3) is 5.03. The van der Waals surface area contributed by atoms with Gasteiger partial charge in [-0.2, -0.15) is 0 Å². The van der Waals surface area contributed by atoms with E-state index in [9.17, 15) is 4.79 Å². The van der Waals surface area contributed by atoms with Crippen LogP contribution >= 0.6 is 0 Å². The molecular formula is C26H30N6O. The Labute approximate surface area is 194 Å². The average Bonchev–Trinajstić information content (AvgIpc) is 2.84. The lowest BCUT2D eigenvalue weighted by Crippen LogP contribution is -2.45. The largest absolute Gasteiger partial charge is 0.339 e. The number of carbonyl (C=O) groups is 1. The Morgan fingerprint density at radius 1 is 1.15 bits per heavy atom. The van der Waals surface area contributed by atoms with Crippen LogP contribution in [0.2, 0.25) is 0 Å². The zero-order valence-corrected chi connectivity index (χ0v) is 19.1. The van der Waals surface area contributed by atoms with Gasteiger partial charge < -0.3 is 10.2 Å². The Balaban J connectivity index is 1.27. The molecule has 5 rings (SSSR count). The highest BCUT2D eigenvalue weighted by Gasteiger charge is 2.28. The minimum absolute atomic E-state index is 0.199. The van der Waals surface area contributed by atoms with Crippen LogP contribution in [0.25, 0.3) is 0 Å². The minimum atomic E-state index is 0.199.